The Bertz CT molecular complexity index is 726. The van der Waals surface area contributed by atoms with Crippen LogP contribution in [0.3, 0.4) is 0 Å². The van der Waals surface area contributed by atoms with Crippen molar-refractivity contribution in [1.82, 2.24) is 10.2 Å². The first kappa shape index (κ1) is 18.4. The van der Waals surface area contributed by atoms with Crippen molar-refractivity contribution >= 4 is 23.3 Å². The van der Waals surface area contributed by atoms with Crippen molar-refractivity contribution in [1.29, 1.82) is 0 Å². The molecule has 0 aliphatic carbocycles. The molecule has 1 aromatic carbocycles. The topological polar surface area (TPSA) is 58.6 Å². The Morgan fingerprint density at radius 3 is 2.58 bits per heavy atom. The maximum Gasteiger partial charge on any atom is 0.410 e. The maximum absolute atomic E-state index is 12.9. The Hall–Kier alpha value is -2.41. The van der Waals surface area contributed by atoms with E-state index in [4.69, 9.17) is 4.74 Å². The van der Waals surface area contributed by atoms with E-state index in [9.17, 15) is 14.0 Å². The van der Waals surface area contributed by atoms with Gasteiger partial charge in [0, 0.05) is 30.6 Å². The van der Waals surface area contributed by atoms with Crippen LogP contribution in [0.4, 0.5) is 9.18 Å². The van der Waals surface area contributed by atoms with Crippen LogP contribution in [0.1, 0.15) is 28.8 Å². The van der Waals surface area contributed by atoms with Gasteiger partial charge >= 0.3 is 6.09 Å². The predicted octanol–water partition coefficient (Wildman–Crippen LogP) is 3.67. The van der Waals surface area contributed by atoms with Gasteiger partial charge in [0.05, 0.1) is 0 Å². The molecule has 0 atom stereocenters. The SMILES string of the molecule is O=C(NCC1CCN(C(=O)OCc2ccc(F)cc2)CC1)c1ccsc1. The Kier molecular flexibility index (Phi) is 6.22. The molecule has 1 aromatic heterocycles. The number of amides is 2. The lowest BCUT2D eigenvalue weighted by Crippen LogP contribution is -2.41. The van der Waals surface area contributed by atoms with Crippen molar-refractivity contribution in [3.8, 4) is 0 Å². The van der Waals surface area contributed by atoms with E-state index in [1.807, 2.05) is 10.8 Å². The third-order valence-electron chi connectivity index (χ3n) is 4.48. The molecule has 1 saturated heterocycles. The molecule has 138 valence electrons. The zero-order valence-corrected chi connectivity index (χ0v) is 15.1. The van der Waals surface area contributed by atoms with Gasteiger partial charge in [-0.05, 0) is 47.9 Å². The van der Waals surface area contributed by atoms with E-state index in [-0.39, 0.29) is 24.4 Å². The molecular formula is C19H21FN2O3S. The highest BCUT2D eigenvalue weighted by molar-refractivity contribution is 7.08. The van der Waals surface area contributed by atoms with Gasteiger partial charge in [-0.2, -0.15) is 11.3 Å². The minimum absolute atomic E-state index is 0.0487. The van der Waals surface area contributed by atoms with Crippen LogP contribution in [0.25, 0.3) is 0 Å². The van der Waals surface area contributed by atoms with Crippen LogP contribution in [0.2, 0.25) is 0 Å². The Morgan fingerprint density at radius 1 is 1.19 bits per heavy atom. The summed E-state index contributed by atoms with van der Waals surface area (Å²) in [6.45, 7) is 1.98. The third kappa shape index (κ3) is 5.05. The molecular weight excluding hydrogens is 355 g/mol. The van der Waals surface area contributed by atoms with E-state index in [2.05, 4.69) is 5.32 Å². The molecule has 26 heavy (non-hydrogen) atoms. The Morgan fingerprint density at radius 2 is 1.92 bits per heavy atom. The van der Waals surface area contributed by atoms with Crippen LogP contribution in [0.5, 0.6) is 0 Å². The second-order valence-electron chi connectivity index (χ2n) is 6.33. The molecule has 5 nitrogen and oxygen atoms in total. The molecule has 2 amide bonds. The lowest BCUT2D eigenvalue weighted by Gasteiger charge is -2.31. The van der Waals surface area contributed by atoms with E-state index in [1.165, 1.54) is 23.5 Å². The van der Waals surface area contributed by atoms with Gasteiger partial charge in [-0.25, -0.2) is 9.18 Å². The van der Waals surface area contributed by atoms with E-state index < -0.39 is 0 Å². The monoisotopic (exact) mass is 376 g/mol. The highest BCUT2D eigenvalue weighted by atomic mass is 32.1. The van der Waals surface area contributed by atoms with Gasteiger partial charge in [0.25, 0.3) is 5.91 Å². The van der Waals surface area contributed by atoms with Gasteiger partial charge < -0.3 is 15.0 Å². The van der Waals surface area contributed by atoms with Gasteiger partial charge in [-0.1, -0.05) is 12.1 Å². The first-order chi connectivity index (χ1) is 12.6. The number of hydrogen-bond donors (Lipinski definition) is 1. The number of rotatable bonds is 5. The summed E-state index contributed by atoms with van der Waals surface area (Å²) in [6, 6.07) is 7.70. The van der Waals surface area contributed by atoms with Crippen LogP contribution < -0.4 is 5.32 Å². The highest BCUT2D eigenvalue weighted by Gasteiger charge is 2.24. The molecule has 7 heteroatoms. The van der Waals surface area contributed by atoms with Gasteiger partial charge in [0.1, 0.15) is 12.4 Å². The molecule has 1 aliphatic rings. The predicted molar refractivity (Wildman–Crippen MR) is 97.5 cm³/mol. The molecule has 3 rings (SSSR count). The fourth-order valence-corrected chi connectivity index (χ4v) is 3.51. The molecule has 2 heterocycles. The molecule has 0 saturated carbocycles. The summed E-state index contributed by atoms with van der Waals surface area (Å²) < 4.78 is 18.1. The summed E-state index contributed by atoms with van der Waals surface area (Å²) in [4.78, 5) is 25.8. The van der Waals surface area contributed by atoms with E-state index in [1.54, 1.807) is 23.1 Å². The van der Waals surface area contributed by atoms with Crippen LogP contribution >= 0.6 is 11.3 Å². The van der Waals surface area contributed by atoms with Crippen molar-refractivity contribution in [3.63, 3.8) is 0 Å². The zero-order chi connectivity index (χ0) is 18.4. The van der Waals surface area contributed by atoms with Gasteiger partial charge in [-0.15, -0.1) is 0 Å². The molecule has 0 bridgehead atoms. The quantitative estimate of drug-likeness (QED) is 0.866. The second-order valence-corrected chi connectivity index (χ2v) is 7.11. The average Bonchev–Trinajstić information content (AvgIpc) is 3.21. The number of benzene rings is 1. The Labute approximate surface area is 155 Å². The first-order valence-corrected chi connectivity index (χ1v) is 9.52. The lowest BCUT2D eigenvalue weighted by molar-refractivity contribution is 0.0801. The fourth-order valence-electron chi connectivity index (χ4n) is 2.87. The summed E-state index contributed by atoms with van der Waals surface area (Å²) in [5, 5.41) is 6.66. The standard InChI is InChI=1S/C19H21FN2O3S/c20-17-3-1-15(2-4-17)12-25-19(24)22-8-5-14(6-9-22)11-21-18(23)16-7-10-26-13-16/h1-4,7,10,13-14H,5-6,8-9,11-12H2,(H,21,23). The number of carbonyl (C=O) groups excluding carboxylic acids is 2. The molecule has 1 fully saturated rings. The van der Waals surface area contributed by atoms with Crippen LogP contribution in [0, 0.1) is 11.7 Å². The number of thiophene rings is 1. The number of halogens is 1. The minimum Gasteiger partial charge on any atom is -0.445 e. The van der Waals surface area contributed by atoms with E-state index >= 15 is 0 Å². The third-order valence-corrected chi connectivity index (χ3v) is 5.17. The van der Waals surface area contributed by atoms with Crippen LogP contribution in [-0.4, -0.2) is 36.5 Å². The van der Waals surface area contributed by atoms with Crippen molar-refractivity contribution in [3.05, 3.63) is 58.0 Å². The maximum atomic E-state index is 12.9. The Balaban J connectivity index is 1.37. The van der Waals surface area contributed by atoms with Crippen molar-refractivity contribution in [2.24, 2.45) is 5.92 Å². The summed E-state index contributed by atoms with van der Waals surface area (Å²) >= 11 is 1.50. The summed E-state index contributed by atoms with van der Waals surface area (Å²) in [7, 11) is 0. The summed E-state index contributed by atoms with van der Waals surface area (Å²) in [5.74, 6) is -0.000593. The number of likely N-dealkylation sites (tertiary alicyclic amines) is 1. The normalized spacial score (nSPS) is 14.9. The highest BCUT2D eigenvalue weighted by Crippen LogP contribution is 2.18. The lowest BCUT2D eigenvalue weighted by atomic mass is 9.97. The second kappa shape index (κ2) is 8.80. The van der Waals surface area contributed by atoms with E-state index in [0.717, 1.165) is 18.4 Å². The van der Waals surface area contributed by atoms with Gasteiger partial charge in [0.2, 0.25) is 0 Å². The minimum atomic E-state index is -0.352. The number of nitrogens with one attached hydrogen (secondary N) is 1. The zero-order valence-electron chi connectivity index (χ0n) is 14.3. The van der Waals surface area contributed by atoms with Crippen molar-refractivity contribution < 1.29 is 18.7 Å². The summed E-state index contributed by atoms with van der Waals surface area (Å²) in [6.07, 6.45) is 1.31. The number of carbonyl (C=O) groups is 2. The molecule has 1 aliphatic heterocycles. The fraction of sp³-hybridized carbons (Fsp3) is 0.368. The largest absolute Gasteiger partial charge is 0.445 e. The molecule has 1 N–H and O–H groups in total. The number of piperidine rings is 1. The van der Waals surface area contributed by atoms with Crippen molar-refractivity contribution in [2.75, 3.05) is 19.6 Å². The van der Waals surface area contributed by atoms with Gasteiger partial charge in [-0.3, -0.25) is 4.79 Å². The smallest absolute Gasteiger partial charge is 0.410 e. The summed E-state index contributed by atoms with van der Waals surface area (Å²) in [5.41, 5.74) is 1.45. The molecule has 0 radical (unpaired) electrons. The van der Waals surface area contributed by atoms with E-state index in [0.29, 0.717) is 31.1 Å². The van der Waals surface area contributed by atoms with Crippen LogP contribution in [0.15, 0.2) is 41.1 Å². The number of nitrogens with zero attached hydrogens (tertiary/aromatic N) is 1. The molecule has 0 spiro atoms. The number of hydrogen-bond acceptors (Lipinski definition) is 4. The average molecular weight is 376 g/mol. The van der Waals surface area contributed by atoms with Crippen molar-refractivity contribution in [2.45, 2.75) is 19.4 Å². The molecule has 0 unspecified atom stereocenters. The molecule has 2 aromatic rings. The number of ether oxygens (including phenoxy) is 1. The van der Waals surface area contributed by atoms with Gasteiger partial charge in [0.15, 0.2) is 0 Å². The van der Waals surface area contributed by atoms with Crippen LogP contribution in [-0.2, 0) is 11.3 Å². The first-order valence-electron chi connectivity index (χ1n) is 8.58.